The van der Waals surface area contributed by atoms with Gasteiger partial charge in [-0.2, -0.15) is 4.91 Å². The summed E-state index contributed by atoms with van der Waals surface area (Å²) < 4.78 is 16.5. The van der Waals surface area contributed by atoms with Crippen LogP contribution in [0.1, 0.15) is 17.9 Å². The van der Waals surface area contributed by atoms with Crippen molar-refractivity contribution in [1.82, 2.24) is 0 Å². The fourth-order valence-corrected chi connectivity index (χ4v) is 4.41. The normalized spacial score (nSPS) is 30.0. The van der Waals surface area contributed by atoms with E-state index in [1.807, 2.05) is 12.1 Å². The molecule has 2 aliphatic heterocycles. The second-order valence-electron chi connectivity index (χ2n) is 5.86. The van der Waals surface area contributed by atoms with E-state index < -0.39 is 34.9 Å². The van der Waals surface area contributed by atoms with Gasteiger partial charge in [0.05, 0.1) is 6.54 Å². The van der Waals surface area contributed by atoms with Crippen LogP contribution in [-0.2, 0) is 20.3 Å². The molecule has 4 unspecified atom stereocenters. The van der Waals surface area contributed by atoms with Gasteiger partial charge in [-0.05, 0) is 24.1 Å². The predicted molar refractivity (Wildman–Crippen MR) is 88.1 cm³/mol. The van der Waals surface area contributed by atoms with Crippen molar-refractivity contribution in [3.8, 4) is 0 Å². The van der Waals surface area contributed by atoms with Crippen LogP contribution in [0.4, 0.5) is 10.5 Å². The summed E-state index contributed by atoms with van der Waals surface area (Å²) in [5.74, 6) is 0.0852. The summed E-state index contributed by atoms with van der Waals surface area (Å²) in [6, 6.07) is 6.59. The van der Waals surface area contributed by atoms with Gasteiger partial charge in [-0.15, -0.1) is 0 Å². The molecule has 24 heavy (non-hydrogen) atoms. The van der Waals surface area contributed by atoms with Crippen molar-refractivity contribution < 1.29 is 18.5 Å². The Hall–Kier alpha value is -2.29. The summed E-state index contributed by atoms with van der Waals surface area (Å²) in [4.78, 5) is 35.3. The van der Waals surface area contributed by atoms with Crippen molar-refractivity contribution in [1.29, 1.82) is 0 Å². The van der Waals surface area contributed by atoms with Gasteiger partial charge in [0.25, 0.3) is 5.91 Å². The van der Waals surface area contributed by atoms with E-state index in [0.717, 1.165) is 5.56 Å². The molecule has 8 nitrogen and oxygen atoms in total. The van der Waals surface area contributed by atoms with E-state index in [1.165, 1.54) is 4.90 Å². The van der Waals surface area contributed by atoms with Gasteiger partial charge in [-0.1, -0.05) is 17.3 Å². The zero-order valence-electron chi connectivity index (χ0n) is 12.8. The van der Waals surface area contributed by atoms with Crippen LogP contribution < -0.4 is 10.6 Å². The van der Waals surface area contributed by atoms with E-state index in [-0.39, 0.29) is 18.2 Å². The first-order valence-corrected chi connectivity index (χ1v) is 9.03. The molecule has 0 saturated carbocycles. The maximum absolute atomic E-state index is 11.8. The Balaban J connectivity index is 1.76. The van der Waals surface area contributed by atoms with Crippen molar-refractivity contribution in [2.24, 2.45) is 10.9 Å². The molecule has 0 aliphatic carbocycles. The van der Waals surface area contributed by atoms with Crippen LogP contribution in [0.15, 0.2) is 29.4 Å². The van der Waals surface area contributed by atoms with E-state index in [9.17, 15) is 18.7 Å². The van der Waals surface area contributed by atoms with Crippen molar-refractivity contribution >= 4 is 28.5 Å². The molecule has 0 bridgehead atoms. The van der Waals surface area contributed by atoms with E-state index in [4.69, 9.17) is 10.5 Å². The molecular weight excluding hydrogens is 334 g/mol. The number of ether oxygens (including phenoxy) is 1. The first-order valence-electron chi connectivity index (χ1n) is 7.54. The standard InChI is InChI=1S/C15H17N3O5S/c16-14(19)13-7-18(15(20)23-13)10-3-1-9(2-4-10)11-5-6-24(22)8-12(11)17-21/h1-4,11-13H,5-8H2,(H2,16,19). The fourth-order valence-electron chi connectivity index (χ4n) is 3.06. The number of carbonyl (C=O) groups excluding carboxylic acids is 2. The molecule has 2 fully saturated rings. The molecule has 128 valence electrons. The first-order chi connectivity index (χ1) is 11.5. The Labute approximate surface area is 140 Å². The summed E-state index contributed by atoms with van der Waals surface area (Å²) in [6.45, 7) is 0.0778. The van der Waals surface area contributed by atoms with Gasteiger partial charge < -0.3 is 10.5 Å². The largest absolute Gasteiger partial charge is 0.434 e. The minimum absolute atomic E-state index is 0.0712. The number of anilines is 1. The quantitative estimate of drug-likeness (QED) is 0.807. The molecule has 2 saturated heterocycles. The highest BCUT2D eigenvalue weighted by atomic mass is 32.2. The minimum Gasteiger partial charge on any atom is -0.434 e. The van der Waals surface area contributed by atoms with Gasteiger partial charge >= 0.3 is 6.09 Å². The lowest BCUT2D eigenvalue weighted by atomic mass is 9.90. The molecule has 2 N–H and O–H groups in total. The molecule has 2 amide bonds. The smallest absolute Gasteiger partial charge is 0.415 e. The second kappa shape index (κ2) is 6.68. The SMILES string of the molecule is NC(=O)C1CN(c2ccc(C3CCS(=O)CC3N=O)cc2)C(=O)O1. The highest BCUT2D eigenvalue weighted by Crippen LogP contribution is 2.32. The Bertz CT molecular complexity index is 693. The molecule has 0 radical (unpaired) electrons. The Kier molecular flexibility index (Phi) is 4.61. The molecule has 1 aromatic rings. The minimum atomic E-state index is -0.991. The van der Waals surface area contributed by atoms with Gasteiger partial charge in [0.1, 0.15) is 6.04 Å². The zero-order chi connectivity index (χ0) is 17.3. The second-order valence-corrected chi connectivity index (χ2v) is 7.48. The number of carbonyl (C=O) groups is 2. The summed E-state index contributed by atoms with van der Waals surface area (Å²) in [5.41, 5.74) is 6.66. The number of hydrogen-bond acceptors (Lipinski definition) is 6. The number of nitroso groups, excluding NO2 is 1. The lowest BCUT2D eigenvalue weighted by molar-refractivity contribution is -0.124. The van der Waals surface area contributed by atoms with Crippen molar-refractivity contribution in [3.63, 3.8) is 0 Å². The molecule has 2 heterocycles. The van der Waals surface area contributed by atoms with Crippen LogP contribution in [0.3, 0.4) is 0 Å². The number of nitrogens with two attached hydrogens (primary N) is 1. The van der Waals surface area contributed by atoms with E-state index in [0.29, 0.717) is 17.9 Å². The van der Waals surface area contributed by atoms with Crippen LogP contribution in [-0.4, -0.2) is 46.4 Å². The summed E-state index contributed by atoms with van der Waals surface area (Å²) in [5, 5.41) is 3.12. The van der Waals surface area contributed by atoms with Crippen LogP contribution in [0.2, 0.25) is 0 Å². The topological polar surface area (TPSA) is 119 Å². The van der Waals surface area contributed by atoms with Gasteiger partial charge in [0.2, 0.25) is 0 Å². The number of cyclic esters (lactones) is 1. The van der Waals surface area contributed by atoms with Gasteiger partial charge in [0.15, 0.2) is 6.10 Å². The van der Waals surface area contributed by atoms with E-state index in [1.54, 1.807) is 12.1 Å². The fraction of sp³-hybridized carbons (Fsp3) is 0.467. The summed E-state index contributed by atoms with van der Waals surface area (Å²) in [7, 11) is -0.991. The third-order valence-electron chi connectivity index (χ3n) is 4.38. The molecule has 0 aromatic heterocycles. The monoisotopic (exact) mass is 351 g/mol. The maximum Gasteiger partial charge on any atom is 0.415 e. The number of nitrogens with zero attached hydrogens (tertiary/aromatic N) is 2. The lowest BCUT2D eigenvalue weighted by Crippen LogP contribution is -2.32. The Morgan fingerprint density at radius 1 is 1.33 bits per heavy atom. The third kappa shape index (κ3) is 3.16. The van der Waals surface area contributed by atoms with Crippen LogP contribution in [0.5, 0.6) is 0 Å². The lowest BCUT2D eigenvalue weighted by Gasteiger charge is -2.26. The van der Waals surface area contributed by atoms with Gasteiger partial charge in [0, 0.05) is 33.9 Å². The van der Waals surface area contributed by atoms with E-state index in [2.05, 4.69) is 5.18 Å². The molecule has 2 aliphatic rings. The van der Waals surface area contributed by atoms with Gasteiger partial charge in [-0.3, -0.25) is 13.9 Å². The maximum atomic E-state index is 11.8. The Morgan fingerprint density at radius 3 is 2.62 bits per heavy atom. The van der Waals surface area contributed by atoms with Crippen molar-refractivity contribution in [2.75, 3.05) is 23.0 Å². The average Bonchev–Trinajstić information content (AvgIpc) is 2.97. The average molecular weight is 351 g/mol. The van der Waals surface area contributed by atoms with Crippen molar-refractivity contribution in [2.45, 2.75) is 24.5 Å². The molecule has 1 aromatic carbocycles. The van der Waals surface area contributed by atoms with Crippen LogP contribution >= 0.6 is 0 Å². The number of benzene rings is 1. The van der Waals surface area contributed by atoms with Crippen LogP contribution in [0, 0.1) is 4.91 Å². The molecule has 3 rings (SSSR count). The molecule has 4 atom stereocenters. The van der Waals surface area contributed by atoms with E-state index >= 15 is 0 Å². The number of rotatable bonds is 4. The number of amides is 2. The highest BCUT2D eigenvalue weighted by molar-refractivity contribution is 7.85. The summed E-state index contributed by atoms with van der Waals surface area (Å²) >= 11 is 0. The molecule has 0 spiro atoms. The predicted octanol–water partition coefficient (Wildman–Crippen LogP) is 0.868. The zero-order valence-corrected chi connectivity index (χ0v) is 13.6. The Morgan fingerprint density at radius 2 is 2.04 bits per heavy atom. The third-order valence-corrected chi connectivity index (χ3v) is 5.78. The van der Waals surface area contributed by atoms with Gasteiger partial charge in [-0.25, -0.2) is 4.79 Å². The first kappa shape index (κ1) is 16.6. The number of hydrogen-bond donors (Lipinski definition) is 1. The highest BCUT2D eigenvalue weighted by Gasteiger charge is 2.36. The number of primary amides is 1. The molecular formula is C15H17N3O5S. The van der Waals surface area contributed by atoms with Crippen LogP contribution in [0.25, 0.3) is 0 Å². The van der Waals surface area contributed by atoms with Crippen molar-refractivity contribution in [3.05, 3.63) is 34.7 Å². The summed E-state index contributed by atoms with van der Waals surface area (Å²) in [6.07, 6.45) is -0.932. The molecule has 9 heteroatoms.